The van der Waals surface area contributed by atoms with Crippen LogP contribution in [0.15, 0.2) is 47.6 Å². The van der Waals surface area contributed by atoms with Crippen molar-refractivity contribution in [1.82, 2.24) is 5.43 Å². The third kappa shape index (κ3) is 4.49. The van der Waals surface area contributed by atoms with E-state index in [2.05, 4.69) is 15.8 Å². The Hall–Kier alpha value is -2.54. The Morgan fingerprint density at radius 2 is 2.05 bits per heavy atom. The zero-order valence-corrected chi connectivity index (χ0v) is 12.5. The fourth-order valence-corrected chi connectivity index (χ4v) is 1.80. The standard InChI is InChI=1S/C15H13F2N3OS/c1-21-13-4-2-3-12(8-13)19-15(22)20-18-9-10-5-6-11(16)7-14(10)17/h2-9H,1H3,(H2,19,20,22)/b18-9+. The Kier molecular flexibility index (Phi) is 5.37. The molecule has 0 fully saturated rings. The summed E-state index contributed by atoms with van der Waals surface area (Å²) >= 11 is 5.05. The number of rotatable bonds is 4. The summed E-state index contributed by atoms with van der Waals surface area (Å²) in [5.74, 6) is -0.653. The highest BCUT2D eigenvalue weighted by Crippen LogP contribution is 2.16. The van der Waals surface area contributed by atoms with Crippen LogP contribution in [-0.2, 0) is 0 Å². The Morgan fingerprint density at radius 3 is 2.77 bits per heavy atom. The molecule has 0 aliphatic rings. The average molecular weight is 321 g/mol. The van der Waals surface area contributed by atoms with Gasteiger partial charge in [-0.3, -0.25) is 5.43 Å². The smallest absolute Gasteiger partial charge is 0.191 e. The molecule has 7 heteroatoms. The molecule has 0 aliphatic heterocycles. The third-order valence-electron chi connectivity index (χ3n) is 2.66. The van der Waals surface area contributed by atoms with Crippen molar-refractivity contribution < 1.29 is 13.5 Å². The van der Waals surface area contributed by atoms with E-state index in [9.17, 15) is 8.78 Å². The summed E-state index contributed by atoms with van der Waals surface area (Å²) < 4.78 is 31.2. The van der Waals surface area contributed by atoms with E-state index < -0.39 is 11.6 Å². The lowest BCUT2D eigenvalue weighted by atomic mass is 10.2. The summed E-state index contributed by atoms with van der Waals surface area (Å²) in [5.41, 5.74) is 3.42. The second-order valence-corrected chi connectivity index (χ2v) is 4.63. The van der Waals surface area contributed by atoms with Crippen molar-refractivity contribution in [3.05, 3.63) is 59.7 Å². The molecule has 114 valence electrons. The predicted octanol–water partition coefficient (Wildman–Crippen LogP) is 3.29. The van der Waals surface area contributed by atoms with Crippen molar-refractivity contribution in [2.75, 3.05) is 12.4 Å². The normalized spacial score (nSPS) is 10.5. The van der Waals surface area contributed by atoms with Crippen molar-refractivity contribution >= 4 is 29.2 Å². The highest BCUT2D eigenvalue weighted by molar-refractivity contribution is 7.80. The molecule has 2 rings (SSSR count). The maximum absolute atomic E-state index is 13.4. The number of nitrogens with one attached hydrogen (secondary N) is 2. The molecular weight excluding hydrogens is 308 g/mol. The number of halogens is 2. The number of anilines is 1. The molecule has 4 nitrogen and oxygen atoms in total. The molecule has 0 saturated carbocycles. The molecule has 0 saturated heterocycles. The van der Waals surface area contributed by atoms with Crippen LogP contribution >= 0.6 is 12.2 Å². The second-order valence-electron chi connectivity index (χ2n) is 4.22. The molecule has 22 heavy (non-hydrogen) atoms. The minimum absolute atomic E-state index is 0.151. The van der Waals surface area contributed by atoms with Crippen LogP contribution in [0.2, 0.25) is 0 Å². The van der Waals surface area contributed by atoms with E-state index in [0.29, 0.717) is 5.75 Å². The van der Waals surface area contributed by atoms with Gasteiger partial charge in [-0.25, -0.2) is 8.78 Å². The molecule has 0 heterocycles. The summed E-state index contributed by atoms with van der Waals surface area (Å²) in [6, 6.07) is 10.4. The molecule has 0 aliphatic carbocycles. The average Bonchev–Trinajstić information content (AvgIpc) is 2.49. The van der Waals surface area contributed by atoms with Gasteiger partial charge in [0.15, 0.2) is 5.11 Å². The van der Waals surface area contributed by atoms with E-state index in [1.165, 1.54) is 12.3 Å². The number of methoxy groups -OCH3 is 1. The van der Waals surface area contributed by atoms with E-state index in [1.54, 1.807) is 31.4 Å². The van der Waals surface area contributed by atoms with Crippen molar-refractivity contribution in [1.29, 1.82) is 0 Å². The predicted molar refractivity (Wildman–Crippen MR) is 86.3 cm³/mol. The summed E-state index contributed by atoms with van der Waals surface area (Å²) in [4.78, 5) is 0. The van der Waals surface area contributed by atoms with Crippen LogP contribution in [-0.4, -0.2) is 18.4 Å². The van der Waals surface area contributed by atoms with Crippen LogP contribution in [0, 0.1) is 11.6 Å². The van der Waals surface area contributed by atoms with Crippen LogP contribution in [0.5, 0.6) is 5.75 Å². The first-order chi connectivity index (χ1) is 10.6. The molecular formula is C15H13F2N3OS. The lowest BCUT2D eigenvalue weighted by molar-refractivity contribution is 0.415. The fourth-order valence-electron chi connectivity index (χ4n) is 1.63. The van der Waals surface area contributed by atoms with Gasteiger partial charge < -0.3 is 10.1 Å². The van der Waals surface area contributed by atoms with Gasteiger partial charge in [-0.05, 0) is 36.5 Å². The van der Waals surface area contributed by atoms with Crippen molar-refractivity contribution in [3.63, 3.8) is 0 Å². The Bertz CT molecular complexity index is 707. The number of nitrogens with zero attached hydrogens (tertiary/aromatic N) is 1. The highest BCUT2D eigenvalue weighted by Gasteiger charge is 2.01. The first kappa shape index (κ1) is 15.8. The van der Waals surface area contributed by atoms with Gasteiger partial charge in [-0.1, -0.05) is 6.07 Å². The van der Waals surface area contributed by atoms with Crippen LogP contribution in [0.1, 0.15) is 5.56 Å². The number of hydrazone groups is 1. The number of hydrogen-bond acceptors (Lipinski definition) is 3. The summed E-state index contributed by atoms with van der Waals surface area (Å²) in [5, 5.41) is 6.93. The zero-order chi connectivity index (χ0) is 15.9. The van der Waals surface area contributed by atoms with E-state index in [0.717, 1.165) is 17.8 Å². The van der Waals surface area contributed by atoms with Gasteiger partial charge in [-0.2, -0.15) is 5.10 Å². The van der Waals surface area contributed by atoms with E-state index in [1.807, 2.05) is 0 Å². The van der Waals surface area contributed by atoms with Crippen molar-refractivity contribution in [2.45, 2.75) is 0 Å². The summed E-state index contributed by atoms with van der Waals surface area (Å²) in [7, 11) is 1.57. The summed E-state index contributed by atoms with van der Waals surface area (Å²) in [6.45, 7) is 0. The number of thiocarbonyl (C=S) groups is 1. The first-order valence-corrected chi connectivity index (χ1v) is 6.68. The Morgan fingerprint density at radius 1 is 1.23 bits per heavy atom. The van der Waals surface area contributed by atoms with Gasteiger partial charge in [0.25, 0.3) is 0 Å². The van der Waals surface area contributed by atoms with Gasteiger partial charge in [0, 0.05) is 23.4 Å². The molecule has 0 atom stereocenters. The zero-order valence-electron chi connectivity index (χ0n) is 11.6. The maximum Gasteiger partial charge on any atom is 0.191 e. The van der Waals surface area contributed by atoms with Crippen molar-refractivity contribution in [2.24, 2.45) is 5.10 Å². The van der Waals surface area contributed by atoms with Crippen molar-refractivity contribution in [3.8, 4) is 5.75 Å². The number of benzene rings is 2. The quantitative estimate of drug-likeness (QED) is 0.515. The largest absolute Gasteiger partial charge is 0.497 e. The van der Waals surface area contributed by atoms with Gasteiger partial charge in [0.2, 0.25) is 0 Å². The minimum Gasteiger partial charge on any atom is -0.497 e. The number of hydrogen-bond donors (Lipinski definition) is 2. The molecule has 0 spiro atoms. The molecule has 0 aromatic heterocycles. The van der Waals surface area contributed by atoms with Crippen LogP contribution < -0.4 is 15.5 Å². The molecule has 2 N–H and O–H groups in total. The lowest BCUT2D eigenvalue weighted by Crippen LogP contribution is -2.23. The van der Waals surface area contributed by atoms with Gasteiger partial charge >= 0.3 is 0 Å². The molecule has 0 amide bonds. The molecule has 0 bridgehead atoms. The molecule has 0 radical (unpaired) electrons. The van der Waals surface area contributed by atoms with Crippen LogP contribution in [0.4, 0.5) is 14.5 Å². The van der Waals surface area contributed by atoms with E-state index in [4.69, 9.17) is 17.0 Å². The van der Waals surface area contributed by atoms with E-state index >= 15 is 0 Å². The van der Waals surface area contributed by atoms with Gasteiger partial charge in [0.05, 0.1) is 13.3 Å². The number of ether oxygens (including phenoxy) is 1. The maximum atomic E-state index is 13.4. The molecule has 0 unspecified atom stereocenters. The monoisotopic (exact) mass is 321 g/mol. The van der Waals surface area contributed by atoms with Crippen LogP contribution in [0.25, 0.3) is 0 Å². The third-order valence-corrected chi connectivity index (χ3v) is 2.85. The fraction of sp³-hybridized carbons (Fsp3) is 0.0667. The highest BCUT2D eigenvalue weighted by atomic mass is 32.1. The van der Waals surface area contributed by atoms with Crippen LogP contribution in [0.3, 0.4) is 0 Å². The Balaban J connectivity index is 1.93. The minimum atomic E-state index is -0.697. The van der Waals surface area contributed by atoms with E-state index in [-0.39, 0.29) is 10.7 Å². The van der Waals surface area contributed by atoms with Gasteiger partial charge in [0.1, 0.15) is 17.4 Å². The Labute approximate surface area is 131 Å². The lowest BCUT2D eigenvalue weighted by Gasteiger charge is -2.08. The van der Waals surface area contributed by atoms with Gasteiger partial charge in [-0.15, -0.1) is 0 Å². The molecule has 2 aromatic carbocycles. The second kappa shape index (κ2) is 7.46. The first-order valence-electron chi connectivity index (χ1n) is 6.27. The summed E-state index contributed by atoms with van der Waals surface area (Å²) in [6.07, 6.45) is 1.22. The SMILES string of the molecule is COc1cccc(NC(=S)N/N=C/c2ccc(F)cc2F)c1. The topological polar surface area (TPSA) is 45.6 Å². The molecule has 2 aromatic rings.